The van der Waals surface area contributed by atoms with Crippen molar-refractivity contribution in [1.29, 1.82) is 0 Å². The third-order valence-corrected chi connectivity index (χ3v) is 7.22. The van der Waals surface area contributed by atoms with E-state index in [-0.39, 0.29) is 21.8 Å². The molecule has 0 radical (unpaired) electrons. The number of halogens is 1. The van der Waals surface area contributed by atoms with Crippen molar-refractivity contribution in [2.75, 3.05) is 25.0 Å². The van der Waals surface area contributed by atoms with Gasteiger partial charge in [-0.3, -0.25) is 4.79 Å². The van der Waals surface area contributed by atoms with Crippen molar-refractivity contribution in [3.05, 3.63) is 65.7 Å². The van der Waals surface area contributed by atoms with Gasteiger partial charge in [-0.1, -0.05) is 26.0 Å². The third-order valence-electron chi connectivity index (χ3n) is 5.18. The molecule has 2 aromatic carbocycles. The van der Waals surface area contributed by atoms with Crippen molar-refractivity contribution < 1.29 is 22.3 Å². The molecule has 1 amide bonds. The van der Waals surface area contributed by atoms with Crippen LogP contribution in [0, 0.1) is 12.7 Å². The van der Waals surface area contributed by atoms with Crippen LogP contribution in [0.3, 0.4) is 0 Å². The first-order valence-corrected chi connectivity index (χ1v) is 12.1. The van der Waals surface area contributed by atoms with E-state index in [1.807, 2.05) is 0 Å². The summed E-state index contributed by atoms with van der Waals surface area (Å²) < 4.78 is 48.3. The third kappa shape index (κ3) is 4.91. The lowest BCUT2D eigenvalue weighted by Gasteiger charge is -2.20. The zero-order valence-corrected chi connectivity index (χ0v) is 19.8. The highest BCUT2D eigenvalue weighted by Crippen LogP contribution is 2.30. The zero-order chi connectivity index (χ0) is 24.2. The highest BCUT2D eigenvalue weighted by Gasteiger charge is 2.24. The lowest BCUT2D eigenvalue weighted by Crippen LogP contribution is -2.30. The largest absolute Gasteiger partial charge is 0.492 e. The quantitative estimate of drug-likeness (QED) is 0.506. The predicted molar refractivity (Wildman–Crippen MR) is 124 cm³/mol. The van der Waals surface area contributed by atoms with Gasteiger partial charge in [0.1, 0.15) is 17.3 Å². The van der Waals surface area contributed by atoms with Gasteiger partial charge in [-0.15, -0.1) is 0 Å². The number of carbonyl (C=O) groups excluding carboxylic acids is 1. The number of para-hydroxylation sites is 1. The Balaban J connectivity index is 1.97. The number of hydrogen-bond donors (Lipinski definition) is 1. The highest BCUT2D eigenvalue weighted by atomic mass is 32.2. The summed E-state index contributed by atoms with van der Waals surface area (Å²) in [5, 5.41) is 6.88. The Hall–Kier alpha value is -3.24. The van der Waals surface area contributed by atoms with Crippen LogP contribution < -0.4 is 10.1 Å². The maximum atomic E-state index is 14.2. The van der Waals surface area contributed by atoms with Gasteiger partial charge >= 0.3 is 0 Å². The van der Waals surface area contributed by atoms with Gasteiger partial charge in [-0.2, -0.15) is 9.40 Å². The first-order valence-electron chi connectivity index (χ1n) is 10.6. The lowest BCUT2D eigenvalue weighted by atomic mass is 10.2. The van der Waals surface area contributed by atoms with Crippen LogP contribution >= 0.6 is 0 Å². The van der Waals surface area contributed by atoms with Gasteiger partial charge in [0.15, 0.2) is 0 Å². The highest BCUT2D eigenvalue weighted by molar-refractivity contribution is 7.89. The Bertz CT molecular complexity index is 1250. The Morgan fingerprint density at radius 3 is 2.48 bits per heavy atom. The van der Waals surface area contributed by atoms with Crippen LogP contribution in [0.5, 0.6) is 5.75 Å². The second-order valence-electron chi connectivity index (χ2n) is 7.14. The molecule has 3 rings (SSSR count). The van der Waals surface area contributed by atoms with E-state index < -0.39 is 21.7 Å². The number of anilines is 1. The van der Waals surface area contributed by atoms with E-state index in [4.69, 9.17) is 4.74 Å². The Kier molecular flexibility index (Phi) is 7.50. The number of sulfonamides is 1. The van der Waals surface area contributed by atoms with Gasteiger partial charge in [0.25, 0.3) is 5.91 Å². The van der Waals surface area contributed by atoms with E-state index in [1.54, 1.807) is 45.9 Å². The molecule has 0 saturated heterocycles. The number of nitrogens with zero attached hydrogens (tertiary/aromatic N) is 3. The van der Waals surface area contributed by atoms with E-state index in [9.17, 15) is 17.6 Å². The molecule has 0 saturated carbocycles. The summed E-state index contributed by atoms with van der Waals surface area (Å²) in [6, 6.07) is 10.5. The van der Waals surface area contributed by atoms with Crippen LogP contribution in [0.4, 0.5) is 10.1 Å². The van der Waals surface area contributed by atoms with E-state index in [0.29, 0.717) is 31.1 Å². The smallest absolute Gasteiger partial charge is 0.259 e. The maximum Gasteiger partial charge on any atom is 0.259 e. The first kappa shape index (κ1) is 24.4. The van der Waals surface area contributed by atoms with Crippen molar-refractivity contribution >= 4 is 21.6 Å². The van der Waals surface area contributed by atoms with Gasteiger partial charge in [0, 0.05) is 13.1 Å². The second-order valence-corrected chi connectivity index (χ2v) is 9.08. The molecule has 0 fully saturated rings. The lowest BCUT2D eigenvalue weighted by molar-refractivity contribution is 0.102. The summed E-state index contributed by atoms with van der Waals surface area (Å²) in [7, 11) is -3.73. The summed E-state index contributed by atoms with van der Waals surface area (Å²) >= 11 is 0. The van der Waals surface area contributed by atoms with Gasteiger partial charge < -0.3 is 10.1 Å². The van der Waals surface area contributed by atoms with Crippen molar-refractivity contribution in [2.24, 2.45) is 0 Å². The summed E-state index contributed by atoms with van der Waals surface area (Å²) in [4.78, 5) is 13.1. The van der Waals surface area contributed by atoms with Gasteiger partial charge in [0.05, 0.1) is 34.6 Å². The minimum Gasteiger partial charge on any atom is -0.492 e. The topological polar surface area (TPSA) is 93.5 Å². The van der Waals surface area contributed by atoms with Crippen LogP contribution in [0.2, 0.25) is 0 Å². The Morgan fingerprint density at radius 1 is 1.15 bits per heavy atom. The number of aromatic nitrogens is 2. The number of rotatable bonds is 9. The fourth-order valence-electron chi connectivity index (χ4n) is 3.45. The molecule has 1 N–H and O–H groups in total. The number of benzene rings is 2. The molecule has 8 nitrogen and oxygen atoms in total. The van der Waals surface area contributed by atoms with Gasteiger partial charge in [0.2, 0.25) is 10.0 Å². The fourth-order valence-corrected chi connectivity index (χ4v) is 4.93. The summed E-state index contributed by atoms with van der Waals surface area (Å²) in [6.45, 7) is 7.93. The molecular formula is C23H27FN4O4S. The number of amides is 1. The molecule has 0 atom stereocenters. The zero-order valence-electron chi connectivity index (χ0n) is 19.0. The molecule has 0 aliphatic heterocycles. The molecule has 1 aromatic heterocycles. The van der Waals surface area contributed by atoms with Crippen molar-refractivity contribution in [3.63, 3.8) is 0 Å². The minimum atomic E-state index is -3.73. The van der Waals surface area contributed by atoms with E-state index in [0.717, 1.165) is 0 Å². The van der Waals surface area contributed by atoms with Gasteiger partial charge in [-0.05, 0) is 44.2 Å². The molecular weight excluding hydrogens is 447 g/mol. The molecule has 0 spiro atoms. The molecule has 1 heterocycles. The molecule has 0 unspecified atom stereocenters. The first-order chi connectivity index (χ1) is 15.7. The number of hydrogen-bond acceptors (Lipinski definition) is 5. The molecule has 33 heavy (non-hydrogen) atoms. The minimum absolute atomic E-state index is 0.0451. The monoisotopic (exact) mass is 474 g/mol. The van der Waals surface area contributed by atoms with Crippen LogP contribution in [0.25, 0.3) is 5.69 Å². The number of ether oxygens (including phenoxy) is 1. The van der Waals surface area contributed by atoms with E-state index in [1.165, 1.54) is 39.4 Å². The SMILES string of the molecule is CCOc1ccc(S(=O)(=O)N(CC)CC)cc1NC(=O)c1cnn(-c2ccccc2F)c1C. The predicted octanol–water partition coefficient (Wildman–Crippen LogP) is 4.00. The Labute approximate surface area is 193 Å². The van der Waals surface area contributed by atoms with Crippen molar-refractivity contribution in [2.45, 2.75) is 32.6 Å². The van der Waals surface area contributed by atoms with Gasteiger partial charge in [-0.25, -0.2) is 17.5 Å². The fraction of sp³-hybridized carbons (Fsp3) is 0.304. The van der Waals surface area contributed by atoms with Crippen molar-refractivity contribution in [3.8, 4) is 11.4 Å². The summed E-state index contributed by atoms with van der Waals surface area (Å²) in [5.74, 6) is -0.652. The van der Waals surface area contributed by atoms with Crippen LogP contribution in [0.1, 0.15) is 36.8 Å². The summed E-state index contributed by atoms with van der Waals surface area (Å²) in [5.41, 5.74) is 1.09. The van der Waals surface area contributed by atoms with Crippen LogP contribution in [0.15, 0.2) is 53.6 Å². The molecule has 10 heteroatoms. The number of carbonyl (C=O) groups is 1. The van der Waals surface area contributed by atoms with Crippen LogP contribution in [-0.2, 0) is 10.0 Å². The average molecular weight is 475 g/mol. The Morgan fingerprint density at radius 2 is 1.85 bits per heavy atom. The van der Waals surface area contributed by atoms with Crippen LogP contribution in [-0.4, -0.2) is 48.1 Å². The maximum absolute atomic E-state index is 14.2. The molecule has 0 aliphatic rings. The van der Waals surface area contributed by atoms with E-state index >= 15 is 0 Å². The second kappa shape index (κ2) is 10.1. The molecule has 176 valence electrons. The molecule has 0 aliphatic carbocycles. The molecule has 0 bridgehead atoms. The molecule has 3 aromatic rings. The van der Waals surface area contributed by atoms with E-state index in [2.05, 4.69) is 10.4 Å². The number of nitrogens with one attached hydrogen (secondary N) is 1. The normalized spacial score (nSPS) is 11.6. The van der Waals surface area contributed by atoms with Crippen molar-refractivity contribution in [1.82, 2.24) is 14.1 Å². The average Bonchev–Trinajstić information content (AvgIpc) is 3.17. The standard InChI is InChI=1S/C23H27FN4O4S/c1-5-27(6-2)33(30,31)17-12-13-22(32-7-3)20(14-17)26-23(29)18-15-25-28(16(18)4)21-11-9-8-10-19(21)24/h8-15H,5-7H2,1-4H3,(H,26,29). The summed E-state index contributed by atoms with van der Waals surface area (Å²) in [6.07, 6.45) is 1.34.